The zero-order valence-corrected chi connectivity index (χ0v) is 42.6. The molecule has 6 aromatic rings. The molecule has 2 aliphatic carbocycles. The van der Waals surface area contributed by atoms with Crippen molar-refractivity contribution in [2.24, 2.45) is 0 Å². The SMILES string of the molecule is [C-]#[N+]c1cc(-c2nc(-c3cccc4c3CCC[C@@H]4N(CC(=O)OC)C(=O)OC(C)(C)C)no2)ccc1OC(C)C.[C-]#[N+]c1cc(-c2nc(-c3cccc4c3CCC[C@@H]4NCC(=O)OC)no2)ccc1OC(C)C. The zero-order chi connectivity index (χ0) is 52.4. The third-order valence-electron chi connectivity index (χ3n) is 11.9. The topological polar surface area (TPSA) is 199 Å². The number of carbonyl (C=O) groups excluding carboxylic acids is 3. The van der Waals surface area contributed by atoms with Crippen molar-refractivity contribution in [3.8, 4) is 57.2 Å². The second-order valence-corrected chi connectivity index (χ2v) is 19.0. The van der Waals surface area contributed by atoms with E-state index < -0.39 is 23.7 Å². The minimum atomic E-state index is -0.724. The van der Waals surface area contributed by atoms with E-state index in [1.165, 1.54) is 19.1 Å². The van der Waals surface area contributed by atoms with Crippen LogP contribution in [-0.4, -0.2) is 88.3 Å². The highest BCUT2D eigenvalue weighted by molar-refractivity contribution is 5.79. The lowest BCUT2D eigenvalue weighted by Crippen LogP contribution is -2.43. The Morgan fingerprint density at radius 3 is 1.73 bits per heavy atom. The van der Waals surface area contributed by atoms with E-state index in [1.54, 1.807) is 51.1 Å². The van der Waals surface area contributed by atoms with Crippen molar-refractivity contribution in [1.29, 1.82) is 0 Å². The quantitative estimate of drug-likeness (QED) is 0.0613. The summed E-state index contributed by atoms with van der Waals surface area (Å²) in [7, 11) is 2.68. The van der Waals surface area contributed by atoms with Gasteiger partial charge in [0.25, 0.3) is 11.8 Å². The summed E-state index contributed by atoms with van der Waals surface area (Å²) < 4.78 is 37.8. The van der Waals surface area contributed by atoms with Gasteiger partial charge in [-0.2, -0.15) is 9.97 Å². The standard InChI is InChI=1S/C30H34N4O6.C25H26N4O4/c1-18(2)38-25-15-14-19(16-23(25)31-6)28-32-27(33-40-28)22-12-8-11-21-20(22)10-9-13-24(21)34(17-26(35)37-7)29(36)39-30(3,4)5;1-15(2)32-22-12-11-16(13-21(22)26-3)25-28-24(29-33-25)19-9-5-8-18-17(19)7-6-10-20(18)27-14-23(30)31-4/h8,11-12,14-16,18,24H,9-10,13,17H2,1-5,7H3;5,8-9,11-13,15,20,27H,6-7,10,14H2,1-2,4H3/t24-;20-/m00/s1. The van der Waals surface area contributed by atoms with Crippen LogP contribution in [0, 0.1) is 13.1 Å². The Bertz CT molecular complexity index is 3030. The van der Waals surface area contributed by atoms with Gasteiger partial charge in [0.05, 0.1) is 52.2 Å². The Balaban J connectivity index is 0.000000218. The van der Waals surface area contributed by atoms with Crippen molar-refractivity contribution < 1.29 is 47.1 Å². The predicted molar refractivity (Wildman–Crippen MR) is 271 cm³/mol. The van der Waals surface area contributed by atoms with E-state index in [4.69, 9.17) is 45.9 Å². The first-order chi connectivity index (χ1) is 35.0. The normalized spacial score (nSPS) is 14.9. The number of hydrogen-bond acceptors (Lipinski definition) is 15. The molecule has 1 amide bonds. The molecule has 18 heteroatoms. The molecule has 4 aromatic carbocycles. The van der Waals surface area contributed by atoms with E-state index in [1.807, 2.05) is 64.1 Å². The van der Waals surface area contributed by atoms with E-state index in [9.17, 15) is 14.4 Å². The molecule has 0 saturated heterocycles. The smallest absolute Gasteiger partial charge is 0.411 e. The Kier molecular flexibility index (Phi) is 16.9. The number of ether oxygens (including phenoxy) is 5. The van der Waals surface area contributed by atoms with Crippen LogP contribution in [0.5, 0.6) is 11.5 Å². The summed E-state index contributed by atoms with van der Waals surface area (Å²) in [5.74, 6) is 1.75. The van der Waals surface area contributed by atoms with E-state index in [0.29, 0.717) is 58.0 Å². The molecule has 2 aliphatic rings. The van der Waals surface area contributed by atoms with Crippen molar-refractivity contribution in [2.75, 3.05) is 27.3 Å². The first-order valence-corrected chi connectivity index (χ1v) is 24.2. The predicted octanol–water partition coefficient (Wildman–Crippen LogP) is 11.4. The van der Waals surface area contributed by atoms with Crippen LogP contribution in [0.4, 0.5) is 16.2 Å². The number of hydrogen-bond donors (Lipinski definition) is 1. The van der Waals surface area contributed by atoms with Gasteiger partial charge in [-0.05, 0) is 146 Å². The Morgan fingerprint density at radius 2 is 1.23 bits per heavy atom. The number of carbonyl (C=O) groups is 3. The molecule has 2 heterocycles. The van der Waals surface area contributed by atoms with Crippen LogP contribution in [0.3, 0.4) is 0 Å². The summed E-state index contributed by atoms with van der Waals surface area (Å²) >= 11 is 0. The highest BCUT2D eigenvalue weighted by Gasteiger charge is 2.35. The van der Waals surface area contributed by atoms with E-state index >= 15 is 0 Å². The summed E-state index contributed by atoms with van der Waals surface area (Å²) in [5, 5.41) is 11.7. The highest BCUT2D eigenvalue weighted by Crippen LogP contribution is 2.41. The van der Waals surface area contributed by atoms with Gasteiger partial charge in [-0.3, -0.25) is 14.5 Å². The van der Waals surface area contributed by atoms with Gasteiger partial charge in [0.15, 0.2) is 0 Å². The lowest BCUT2D eigenvalue weighted by atomic mass is 9.84. The fourth-order valence-corrected chi connectivity index (χ4v) is 8.81. The summed E-state index contributed by atoms with van der Waals surface area (Å²) in [6.45, 7) is 27.9. The lowest BCUT2D eigenvalue weighted by Gasteiger charge is -2.36. The first kappa shape index (κ1) is 52.7. The van der Waals surface area contributed by atoms with E-state index in [2.05, 4.69) is 41.4 Å². The third-order valence-corrected chi connectivity index (χ3v) is 11.9. The van der Waals surface area contributed by atoms with Crippen molar-refractivity contribution in [3.63, 3.8) is 0 Å². The molecule has 0 spiro atoms. The van der Waals surface area contributed by atoms with Gasteiger partial charge in [0.1, 0.15) is 23.6 Å². The zero-order valence-electron chi connectivity index (χ0n) is 42.6. The molecule has 1 N–H and O–H groups in total. The molecule has 0 saturated carbocycles. The van der Waals surface area contributed by atoms with Gasteiger partial charge in [0, 0.05) is 28.3 Å². The van der Waals surface area contributed by atoms with Crippen molar-refractivity contribution in [2.45, 2.75) is 117 Å². The van der Waals surface area contributed by atoms with Crippen LogP contribution in [0.2, 0.25) is 0 Å². The molecule has 8 rings (SSSR count). The fourth-order valence-electron chi connectivity index (χ4n) is 8.81. The molecular weight excluding hydrogens is 933 g/mol. The van der Waals surface area contributed by atoms with Gasteiger partial charge in [-0.25, -0.2) is 14.5 Å². The Morgan fingerprint density at radius 1 is 0.726 bits per heavy atom. The van der Waals surface area contributed by atoms with Crippen LogP contribution >= 0.6 is 0 Å². The number of nitrogens with zero attached hydrogens (tertiary/aromatic N) is 7. The number of methoxy groups -OCH3 is 2. The van der Waals surface area contributed by atoms with Gasteiger partial charge >= 0.3 is 18.0 Å². The van der Waals surface area contributed by atoms with E-state index in [0.717, 1.165) is 65.5 Å². The van der Waals surface area contributed by atoms with Gasteiger partial charge in [-0.15, -0.1) is 0 Å². The first-order valence-electron chi connectivity index (χ1n) is 24.2. The molecule has 73 heavy (non-hydrogen) atoms. The molecular formula is C55H60N8O10. The maximum absolute atomic E-state index is 13.2. The third kappa shape index (κ3) is 12.9. The molecule has 0 fully saturated rings. The van der Waals surface area contributed by atoms with Crippen LogP contribution in [-0.2, 0) is 36.6 Å². The van der Waals surface area contributed by atoms with Crippen molar-refractivity contribution in [3.05, 3.63) is 118 Å². The van der Waals surface area contributed by atoms with Gasteiger partial charge < -0.3 is 38.0 Å². The van der Waals surface area contributed by atoms with Crippen molar-refractivity contribution >= 4 is 29.4 Å². The number of fused-ring (bicyclic) bond motifs is 2. The van der Waals surface area contributed by atoms with Crippen LogP contribution in [0.1, 0.15) is 108 Å². The minimum Gasteiger partial charge on any atom is -0.502 e. The second-order valence-electron chi connectivity index (χ2n) is 19.0. The fraction of sp³-hybridized carbons (Fsp3) is 0.400. The Labute approximate surface area is 425 Å². The van der Waals surface area contributed by atoms with Crippen molar-refractivity contribution in [1.82, 2.24) is 30.5 Å². The molecule has 18 nitrogen and oxygen atoms in total. The van der Waals surface area contributed by atoms with Gasteiger partial charge in [-0.1, -0.05) is 46.7 Å². The number of rotatable bonds is 14. The summed E-state index contributed by atoms with van der Waals surface area (Å²) in [5.41, 5.74) is 7.18. The molecule has 0 unspecified atom stereocenters. The van der Waals surface area contributed by atoms with Crippen LogP contribution < -0.4 is 14.8 Å². The minimum absolute atomic E-state index is 0.0263. The highest BCUT2D eigenvalue weighted by atomic mass is 16.6. The number of amides is 1. The summed E-state index contributed by atoms with van der Waals surface area (Å²) in [6.07, 6.45) is 4.34. The average molecular weight is 993 g/mol. The number of nitrogens with one attached hydrogen (secondary N) is 1. The lowest BCUT2D eigenvalue weighted by molar-refractivity contribution is -0.142. The molecule has 380 valence electrons. The van der Waals surface area contributed by atoms with Crippen LogP contribution in [0.25, 0.3) is 55.4 Å². The average Bonchev–Trinajstić information content (AvgIpc) is 4.08. The number of benzene rings is 4. The maximum atomic E-state index is 13.2. The molecule has 0 aliphatic heterocycles. The maximum Gasteiger partial charge on any atom is 0.411 e. The van der Waals surface area contributed by atoms with E-state index in [-0.39, 0.29) is 43.2 Å². The molecule has 2 aromatic heterocycles. The molecule has 0 radical (unpaired) electrons. The second kappa shape index (κ2) is 23.4. The largest absolute Gasteiger partial charge is 0.502 e. The molecule has 2 atom stereocenters. The summed E-state index contributed by atoms with van der Waals surface area (Å²) in [4.78, 5) is 54.9. The Hall–Kier alpha value is -8.09. The monoisotopic (exact) mass is 992 g/mol. The number of aromatic nitrogens is 4. The molecule has 0 bridgehead atoms. The van der Waals surface area contributed by atoms with Crippen LogP contribution in [0.15, 0.2) is 81.8 Å². The summed E-state index contributed by atoms with van der Waals surface area (Å²) in [6, 6.07) is 21.9. The van der Waals surface area contributed by atoms with Gasteiger partial charge in [0.2, 0.25) is 23.0 Å². The number of esters is 2.